The number of aryl methyl sites for hydroxylation is 1. The fourth-order valence-corrected chi connectivity index (χ4v) is 3.38. The minimum Gasteiger partial charge on any atom is -0.437 e. The molecule has 0 saturated heterocycles. The third-order valence-electron chi connectivity index (χ3n) is 2.81. The first-order chi connectivity index (χ1) is 9.19. The molecule has 0 atom stereocenters. The molecule has 0 aliphatic carbocycles. The highest BCUT2D eigenvalue weighted by Crippen LogP contribution is 2.32. The Kier molecular flexibility index (Phi) is 3.64. The first kappa shape index (κ1) is 13.1. The molecule has 0 bridgehead atoms. The quantitative estimate of drug-likeness (QED) is 0.567. The van der Waals surface area contributed by atoms with Crippen molar-refractivity contribution in [1.29, 1.82) is 0 Å². The molecular formula is C13H10Br2N2OS. The molecule has 3 aromatic rings. The van der Waals surface area contributed by atoms with Gasteiger partial charge in [-0.3, -0.25) is 4.40 Å². The molecule has 19 heavy (non-hydrogen) atoms. The molecule has 1 aromatic carbocycles. The lowest BCUT2D eigenvalue weighted by molar-refractivity contribution is 0.458. The zero-order valence-corrected chi connectivity index (χ0v) is 14.0. The summed E-state index contributed by atoms with van der Waals surface area (Å²) in [5.41, 5.74) is 2.11. The second-order valence-electron chi connectivity index (χ2n) is 4.06. The number of imidazole rings is 1. The van der Waals surface area contributed by atoms with Gasteiger partial charge in [0.05, 0.1) is 5.69 Å². The molecule has 3 rings (SSSR count). The van der Waals surface area contributed by atoms with E-state index >= 15 is 0 Å². The van der Waals surface area contributed by atoms with Crippen molar-refractivity contribution in [2.45, 2.75) is 12.3 Å². The molecule has 98 valence electrons. The van der Waals surface area contributed by atoms with Crippen molar-refractivity contribution in [3.8, 4) is 11.6 Å². The summed E-state index contributed by atoms with van der Waals surface area (Å²) < 4.78 is 9.01. The summed E-state index contributed by atoms with van der Waals surface area (Å²) in [5.74, 6) is 1.48. The van der Waals surface area contributed by atoms with E-state index in [1.807, 2.05) is 41.1 Å². The summed E-state index contributed by atoms with van der Waals surface area (Å²) in [5, 5.41) is 2.72. The maximum absolute atomic E-state index is 5.97. The maximum atomic E-state index is 5.97. The van der Waals surface area contributed by atoms with E-state index in [-0.39, 0.29) is 0 Å². The highest BCUT2D eigenvalue weighted by molar-refractivity contribution is 9.10. The molecule has 0 saturated carbocycles. The van der Waals surface area contributed by atoms with Gasteiger partial charge in [-0.2, -0.15) is 4.98 Å². The van der Waals surface area contributed by atoms with Crippen LogP contribution in [0.5, 0.6) is 11.6 Å². The monoisotopic (exact) mass is 400 g/mol. The Hall–Kier alpha value is -0.850. The molecule has 0 amide bonds. The van der Waals surface area contributed by atoms with Crippen molar-refractivity contribution >= 4 is 48.2 Å². The number of thiazole rings is 1. The van der Waals surface area contributed by atoms with Gasteiger partial charge in [-0.05, 0) is 24.6 Å². The fourth-order valence-electron chi connectivity index (χ4n) is 1.80. The average molecular weight is 402 g/mol. The summed E-state index contributed by atoms with van der Waals surface area (Å²) in [7, 11) is 0. The van der Waals surface area contributed by atoms with Crippen molar-refractivity contribution in [2.75, 3.05) is 0 Å². The van der Waals surface area contributed by atoms with E-state index in [0.717, 1.165) is 26.4 Å². The van der Waals surface area contributed by atoms with Gasteiger partial charge >= 0.3 is 0 Å². The van der Waals surface area contributed by atoms with Gasteiger partial charge in [-0.1, -0.05) is 37.9 Å². The van der Waals surface area contributed by atoms with E-state index in [4.69, 9.17) is 4.74 Å². The Labute approximate surface area is 131 Å². The fraction of sp³-hybridized carbons (Fsp3) is 0.154. The van der Waals surface area contributed by atoms with Crippen LogP contribution < -0.4 is 4.74 Å². The van der Waals surface area contributed by atoms with Crippen LogP contribution >= 0.6 is 43.2 Å². The number of alkyl halides is 1. The molecule has 0 N–H and O–H groups in total. The number of fused-ring (bicyclic) bond motifs is 1. The largest absolute Gasteiger partial charge is 0.437 e. The smallest absolute Gasteiger partial charge is 0.243 e. The second-order valence-corrected chi connectivity index (χ2v) is 6.41. The SMILES string of the molecule is Cc1ccc(Br)cc1Oc1nc2sccn2c1CBr. The number of nitrogens with zero attached hydrogens (tertiary/aromatic N) is 2. The van der Waals surface area contributed by atoms with E-state index in [1.54, 1.807) is 11.3 Å². The Bertz CT molecular complexity index is 735. The molecular weight excluding hydrogens is 392 g/mol. The Balaban J connectivity index is 2.05. The van der Waals surface area contributed by atoms with Gasteiger partial charge < -0.3 is 4.74 Å². The topological polar surface area (TPSA) is 26.5 Å². The molecule has 0 aliphatic heterocycles. The van der Waals surface area contributed by atoms with Crippen LogP contribution in [0.15, 0.2) is 34.2 Å². The Morgan fingerprint density at radius 3 is 3.05 bits per heavy atom. The van der Waals surface area contributed by atoms with E-state index in [2.05, 4.69) is 36.8 Å². The van der Waals surface area contributed by atoms with E-state index in [1.165, 1.54) is 0 Å². The summed E-state index contributed by atoms with van der Waals surface area (Å²) in [4.78, 5) is 5.47. The number of benzene rings is 1. The van der Waals surface area contributed by atoms with Crippen LogP contribution in [-0.4, -0.2) is 9.38 Å². The standard InChI is InChI=1S/C13H10Br2N2OS/c1-8-2-3-9(15)6-11(8)18-12-10(7-14)17-4-5-19-13(17)16-12/h2-6H,7H2,1H3. The molecule has 2 aromatic heterocycles. The van der Waals surface area contributed by atoms with Crippen molar-refractivity contribution in [3.63, 3.8) is 0 Å². The Morgan fingerprint density at radius 2 is 2.26 bits per heavy atom. The van der Waals surface area contributed by atoms with Gasteiger partial charge in [0.1, 0.15) is 5.75 Å². The summed E-state index contributed by atoms with van der Waals surface area (Å²) in [6.45, 7) is 2.02. The van der Waals surface area contributed by atoms with Gasteiger partial charge in [0.2, 0.25) is 5.88 Å². The highest BCUT2D eigenvalue weighted by Gasteiger charge is 2.15. The lowest BCUT2D eigenvalue weighted by Crippen LogP contribution is -1.92. The normalized spacial score (nSPS) is 11.1. The molecule has 3 nitrogen and oxygen atoms in total. The number of halogens is 2. The van der Waals surface area contributed by atoms with Gasteiger partial charge in [0, 0.05) is 21.4 Å². The molecule has 0 radical (unpaired) electrons. The van der Waals surface area contributed by atoms with Crippen molar-refractivity contribution in [2.24, 2.45) is 0 Å². The predicted molar refractivity (Wildman–Crippen MR) is 84.7 cm³/mol. The summed E-state index contributed by atoms with van der Waals surface area (Å²) in [6.07, 6.45) is 2.00. The van der Waals surface area contributed by atoms with E-state index < -0.39 is 0 Å². The van der Waals surface area contributed by atoms with E-state index in [9.17, 15) is 0 Å². The maximum Gasteiger partial charge on any atom is 0.243 e. The van der Waals surface area contributed by atoms with Gasteiger partial charge in [0.15, 0.2) is 4.96 Å². The van der Waals surface area contributed by atoms with Crippen molar-refractivity contribution in [1.82, 2.24) is 9.38 Å². The minimum absolute atomic E-state index is 0.657. The third kappa shape index (κ3) is 2.44. The first-order valence-corrected chi connectivity index (χ1v) is 8.43. The highest BCUT2D eigenvalue weighted by atomic mass is 79.9. The van der Waals surface area contributed by atoms with Crippen LogP contribution in [0.4, 0.5) is 0 Å². The third-order valence-corrected chi connectivity index (χ3v) is 4.59. The first-order valence-electron chi connectivity index (χ1n) is 5.63. The lowest BCUT2D eigenvalue weighted by atomic mass is 10.2. The summed E-state index contributed by atoms with van der Waals surface area (Å²) >= 11 is 8.55. The zero-order chi connectivity index (χ0) is 13.4. The molecule has 0 aliphatic rings. The molecule has 2 heterocycles. The number of hydrogen-bond acceptors (Lipinski definition) is 3. The van der Waals surface area contributed by atoms with Crippen molar-refractivity contribution < 1.29 is 4.74 Å². The van der Waals surface area contributed by atoms with Crippen LogP contribution in [-0.2, 0) is 5.33 Å². The molecule has 0 spiro atoms. The average Bonchev–Trinajstić information content (AvgIpc) is 2.94. The minimum atomic E-state index is 0.657. The van der Waals surface area contributed by atoms with Gasteiger partial charge in [-0.25, -0.2) is 0 Å². The van der Waals surface area contributed by atoms with Crippen LogP contribution in [0.25, 0.3) is 4.96 Å². The number of hydrogen-bond donors (Lipinski definition) is 0. The van der Waals surface area contributed by atoms with Crippen LogP contribution in [0.2, 0.25) is 0 Å². The molecule has 0 unspecified atom stereocenters. The van der Waals surface area contributed by atoms with Crippen LogP contribution in [0, 0.1) is 6.92 Å². The second kappa shape index (κ2) is 5.26. The van der Waals surface area contributed by atoms with Crippen molar-refractivity contribution in [3.05, 3.63) is 45.5 Å². The predicted octanol–water partition coefficient (Wildman–Crippen LogP) is 5.15. The van der Waals surface area contributed by atoms with Gasteiger partial charge in [0.25, 0.3) is 0 Å². The van der Waals surface area contributed by atoms with Crippen LogP contribution in [0.1, 0.15) is 11.3 Å². The zero-order valence-electron chi connectivity index (χ0n) is 10.1. The number of aromatic nitrogens is 2. The Morgan fingerprint density at radius 1 is 1.42 bits per heavy atom. The number of rotatable bonds is 3. The van der Waals surface area contributed by atoms with E-state index in [0.29, 0.717) is 11.2 Å². The summed E-state index contributed by atoms with van der Waals surface area (Å²) in [6, 6.07) is 5.98. The molecule has 6 heteroatoms. The molecule has 0 fully saturated rings. The number of ether oxygens (including phenoxy) is 1. The lowest BCUT2D eigenvalue weighted by Gasteiger charge is -2.08. The van der Waals surface area contributed by atoms with Crippen LogP contribution in [0.3, 0.4) is 0 Å². The van der Waals surface area contributed by atoms with Gasteiger partial charge in [-0.15, -0.1) is 11.3 Å².